The van der Waals surface area contributed by atoms with E-state index in [2.05, 4.69) is 39.7 Å². The molecule has 0 radical (unpaired) electrons. The maximum atomic E-state index is 12.1. The minimum atomic E-state index is 0. The van der Waals surface area contributed by atoms with Crippen molar-refractivity contribution in [2.24, 2.45) is 10.9 Å². The van der Waals surface area contributed by atoms with E-state index in [0.717, 1.165) is 58.1 Å². The first-order valence-electron chi connectivity index (χ1n) is 11.1. The molecule has 2 rings (SSSR count). The smallest absolute Gasteiger partial charge is 0.221 e. The summed E-state index contributed by atoms with van der Waals surface area (Å²) in [4.78, 5) is 19.0. The molecule has 0 spiro atoms. The first-order valence-corrected chi connectivity index (χ1v) is 11.1. The maximum Gasteiger partial charge on any atom is 0.221 e. The lowest BCUT2D eigenvalue weighted by atomic mass is 9.95. The Morgan fingerprint density at radius 2 is 1.83 bits per heavy atom. The minimum Gasteiger partial charge on any atom is -0.379 e. The summed E-state index contributed by atoms with van der Waals surface area (Å²) in [6.07, 6.45) is 7.66. The van der Waals surface area contributed by atoms with E-state index in [1.165, 1.54) is 19.3 Å². The fourth-order valence-electron chi connectivity index (χ4n) is 4.12. The molecule has 7 nitrogen and oxygen atoms in total. The summed E-state index contributed by atoms with van der Waals surface area (Å²) in [5.74, 6) is 1.56. The molecule has 3 N–H and O–H groups in total. The number of halogens is 1. The first kappa shape index (κ1) is 26.4. The van der Waals surface area contributed by atoms with Crippen molar-refractivity contribution in [2.45, 2.75) is 70.9 Å². The van der Waals surface area contributed by atoms with E-state index in [4.69, 9.17) is 4.74 Å². The van der Waals surface area contributed by atoms with Crippen molar-refractivity contribution in [2.75, 3.05) is 46.4 Å². The highest BCUT2D eigenvalue weighted by Crippen LogP contribution is 2.17. The van der Waals surface area contributed by atoms with Gasteiger partial charge in [-0.05, 0) is 25.2 Å². The van der Waals surface area contributed by atoms with E-state index >= 15 is 0 Å². The van der Waals surface area contributed by atoms with Gasteiger partial charge in [-0.25, -0.2) is 0 Å². The molecule has 1 atom stereocenters. The van der Waals surface area contributed by atoms with Gasteiger partial charge in [-0.1, -0.05) is 33.1 Å². The molecule has 1 heterocycles. The summed E-state index contributed by atoms with van der Waals surface area (Å²) in [5, 5.41) is 9.90. The number of amides is 1. The topological polar surface area (TPSA) is 78.0 Å². The zero-order valence-corrected chi connectivity index (χ0v) is 20.9. The van der Waals surface area contributed by atoms with Crippen molar-refractivity contribution < 1.29 is 9.53 Å². The van der Waals surface area contributed by atoms with Crippen LogP contribution in [0.15, 0.2) is 4.99 Å². The Morgan fingerprint density at radius 3 is 2.45 bits per heavy atom. The Balaban J connectivity index is 0.00000420. The van der Waals surface area contributed by atoms with E-state index in [1.807, 2.05) is 0 Å². The molecule has 1 unspecified atom stereocenters. The number of carbonyl (C=O) groups is 1. The van der Waals surface area contributed by atoms with Crippen LogP contribution in [-0.2, 0) is 9.53 Å². The van der Waals surface area contributed by atoms with Crippen molar-refractivity contribution in [3.05, 3.63) is 0 Å². The lowest BCUT2D eigenvalue weighted by Gasteiger charge is -2.35. The standard InChI is InChI=1S/C21H41N5O2.HI/c1-17(2)15-19(26-11-13-28-14-12-26)16-24-21(22-3)23-10-9-20(27)25-18-7-5-4-6-8-18;/h17-19H,4-16H2,1-3H3,(H,25,27)(H2,22,23,24);1H. The van der Waals surface area contributed by atoms with E-state index in [-0.39, 0.29) is 29.9 Å². The predicted octanol–water partition coefficient (Wildman–Crippen LogP) is 2.36. The third-order valence-electron chi connectivity index (χ3n) is 5.65. The lowest BCUT2D eigenvalue weighted by Crippen LogP contribution is -2.51. The van der Waals surface area contributed by atoms with Gasteiger partial charge in [-0.3, -0.25) is 14.7 Å². The summed E-state index contributed by atoms with van der Waals surface area (Å²) in [6.45, 7) is 9.61. The molecule has 170 valence electrons. The number of hydrogen-bond donors (Lipinski definition) is 3. The van der Waals surface area contributed by atoms with Gasteiger partial charge in [0.1, 0.15) is 0 Å². The Kier molecular flexibility index (Phi) is 13.9. The number of aliphatic imine (C=N–C) groups is 1. The van der Waals surface area contributed by atoms with Gasteiger partial charge >= 0.3 is 0 Å². The van der Waals surface area contributed by atoms with Crippen molar-refractivity contribution in [3.63, 3.8) is 0 Å². The second-order valence-electron chi connectivity index (χ2n) is 8.46. The third kappa shape index (κ3) is 10.8. The molecule has 1 aliphatic heterocycles. The molecule has 29 heavy (non-hydrogen) atoms. The van der Waals surface area contributed by atoms with Crippen LogP contribution in [-0.4, -0.2) is 75.3 Å². The molecule has 8 heteroatoms. The van der Waals surface area contributed by atoms with Gasteiger partial charge in [0.25, 0.3) is 0 Å². The average molecular weight is 524 g/mol. The highest BCUT2D eigenvalue weighted by Gasteiger charge is 2.22. The van der Waals surface area contributed by atoms with Crippen molar-refractivity contribution >= 4 is 35.8 Å². The summed E-state index contributed by atoms with van der Waals surface area (Å²) in [6, 6.07) is 0.848. The Hall–Kier alpha value is -0.610. The number of rotatable bonds is 9. The van der Waals surface area contributed by atoms with Gasteiger partial charge < -0.3 is 20.7 Å². The first-order chi connectivity index (χ1) is 13.6. The zero-order valence-electron chi connectivity index (χ0n) is 18.5. The van der Waals surface area contributed by atoms with Crippen molar-refractivity contribution in [1.29, 1.82) is 0 Å². The number of carbonyl (C=O) groups excluding carboxylic acids is 1. The van der Waals surface area contributed by atoms with E-state index < -0.39 is 0 Å². The van der Waals surface area contributed by atoms with Crippen LogP contribution in [0.1, 0.15) is 58.8 Å². The summed E-state index contributed by atoms with van der Waals surface area (Å²) in [7, 11) is 1.78. The molecular weight excluding hydrogens is 481 g/mol. The average Bonchev–Trinajstić information content (AvgIpc) is 2.70. The molecule has 1 amide bonds. The second kappa shape index (κ2) is 15.2. The number of nitrogens with zero attached hydrogens (tertiary/aromatic N) is 2. The Morgan fingerprint density at radius 1 is 1.14 bits per heavy atom. The van der Waals surface area contributed by atoms with Crippen LogP contribution < -0.4 is 16.0 Å². The van der Waals surface area contributed by atoms with Gasteiger partial charge in [0, 0.05) is 51.7 Å². The van der Waals surface area contributed by atoms with Crippen molar-refractivity contribution in [3.8, 4) is 0 Å². The molecule has 1 saturated carbocycles. The third-order valence-corrected chi connectivity index (χ3v) is 5.65. The number of ether oxygens (including phenoxy) is 1. The molecule has 1 saturated heterocycles. The fraction of sp³-hybridized carbons (Fsp3) is 0.905. The van der Waals surface area contributed by atoms with Crippen LogP contribution in [0.2, 0.25) is 0 Å². The zero-order chi connectivity index (χ0) is 20.2. The predicted molar refractivity (Wildman–Crippen MR) is 130 cm³/mol. The number of nitrogens with one attached hydrogen (secondary N) is 3. The molecule has 0 aromatic rings. The lowest BCUT2D eigenvalue weighted by molar-refractivity contribution is -0.121. The summed E-state index contributed by atoms with van der Waals surface area (Å²) in [5.41, 5.74) is 0. The molecule has 0 bridgehead atoms. The van der Waals surface area contributed by atoms with Crippen molar-refractivity contribution in [1.82, 2.24) is 20.9 Å². The highest BCUT2D eigenvalue weighted by molar-refractivity contribution is 14.0. The Bertz CT molecular complexity index is 478. The number of hydrogen-bond acceptors (Lipinski definition) is 4. The molecule has 0 aromatic heterocycles. The quantitative estimate of drug-likeness (QED) is 0.246. The van der Waals surface area contributed by atoms with Crippen LogP contribution in [0.5, 0.6) is 0 Å². The van der Waals surface area contributed by atoms with Crippen LogP contribution in [0.3, 0.4) is 0 Å². The SMILES string of the molecule is CN=C(NCCC(=O)NC1CCCCC1)NCC(CC(C)C)N1CCOCC1.I. The van der Waals surface area contributed by atoms with Crippen LogP contribution in [0.4, 0.5) is 0 Å². The van der Waals surface area contributed by atoms with Crippen LogP contribution >= 0.6 is 24.0 Å². The van der Waals surface area contributed by atoms with Crippen LogP contribution in [0.25, 0.3) is 0 Å². The molecule has 2 aliphatic rings. The van der Waals surface area contributed by atoms with Gasteiger partial charge in [-0.15, -0.1) is 24.0 Å². The normalized spacial score (nSPS) is 20.1. The van der Waals surface area contributed by atoms with Gasteiger partial charge in [0.2, 0.25) is 5.91 Å². The number of guanidine groups is 1. The highest BCUT2D eigenvalue weighted by atomic mass is 127. The van der Waals surface area contributed by atoms with Gasteiger partial charge in [0.05, 0.1) is 13.2 Å². The largest absolute Gasteiger partial charge is 0.379 e. The maximum absolute atomic E-state index is 12.1. The van der Waals surface area contributed by atoms with Gasteiger partial charge in [0.15, 0.2) is 5.96 Å². The molecule has 1 aliphatic carbocycles. The number of morpholine rings is 1. The summed E-state index contributed by atoms with van der Waals surface area (Å²) < 4.78 is 5.50. The Labute approximate surface area is 194 Å². The minimum absolute atomic E-state index is 0. The fourth-order valence-corrected chi connectivity index (χ4v) is 4.12. The van der Waals surface area contributed by atoms with E-state index in [0.29, 0.717) is 31.0 Å². The second-order valence-corrected chi connectivity index (χ2v) is 8.46. The molecular formula is C21H42IN5O2. The molecule has 0 aromatic carbocycles. The van der Waals surface area contributed by atoms with E-state index in [9.17, 15) is 4.79 Å². The van der Waals surface area contributed by atoms with E-state index in [1.54, 1.807) is 7.05 Å². The van der Waals surface area contributed by atoms with Gasteiger partial charge in [-0.2, -0.15) is 0 Å². The molecule has 2 fully saturated rings. The monoisotopic (exact) mass is 523 g/mol. The summed E-state index contributed by atoms with van der Waals surface area (Å²) >= 11 is 0. The van der Waals surface area contributed by atoms with Crippen LogP contribution in [0, 0.1) is 5.92 Å².